The van der Waals surface area contributed by atoms with Gasteiger partial charge in [0.05, 0.1) is 18.8 Å². The summed E-state index contributed by atoms with van der Waals surface area (Å²) in [6.45, 7) is 4.25. The highest BCUT2D eigenvalue weighted by Gasteiger charge is 2.17. The topological polar surface area (TPSA) is 69.6 Å². The number of aliphatic hydroxyl groups excluding tert-OH is 2. The highest BCUT2D eigenvalue weighted by atomic mass is 16.3. The average molecular weight is 614 g/mol. The van der Waals surface area contributed by atoms with Crippen molar-refractivity contribution < 1.29 is 15.0 Å². The van der Waals surface area contributed by atoms with Gasteiger partial charge in [-0.15, -0.1) is 0 Å². The molecule has 0 aromatic heterocycles. The molecule has 44 heavy (non-hydrogen) atoms. The van der Waals surface area contributed by atoms with Crippen LogP contribution in [0.15, 0.2) is 60.8 Å². The first-order chi connectivity index (χ1) is 21.7. The van der Waals surface area contributed by atoms with Gasteiger partial charge >= 0.3 is 0 Å². The van der Waals surface area contributed by atoms with Crippen molar-refractivity contribution >= 4 is 5.91 Å². The quantitative estimate of drug-likeness (QED) is 0.0522. The summed E-state index contributed by atoms with van der Waals surface area (Å²) in [6, 6.07) is -0.650. The van der Waals surface area contributed by atoms with E-state index in [1.807, 2.05) is 6.08 Å². The van der Waals surface area contributed by atoms with Gasteiger partial charge in [-0.3, -0.25) is 4.79 Å². The van der Waals surface area contributed by atoms with Gasteiger partial charge in [-0.2, -0.15) is 0 Å². The number of nitrogens with one attached hydrogen (secondary N) is 1. The Morgan fingerprint density at radius 2 is 0.932 bits per heavy atom. The molecule has 0 aromatic carbocycles. The molecule has 0 radical (unpaired) electrons. The monoisotopic (exact) mass is 614 g/mol. The van der Waals surface area contributed by atoms with Gasteiger partial charge < -0.3 is 15.5 Å². The second-order valence-electron chi connectivity index (χ2n) is 12.3. The van der Waals surface area contributed by atoms with Crippen LogP contribution in [0.4, 0.5) is 0 Å². The van der Waals surface area contributed by atoms with Gasteiger partial charge in [-0.05, 0) is 57.8 Å². The maximum absolute atomic E-state index is 12.3. The third-order valence-electron chi connectivity index (χ3n) is 8.00. The zero-order valence-electron chi connectivity index (χ0n) is 28.9. The van der Waals surface area contributed by atoms with Gasteiger partial charge in [0.1, 0.15) is 0 Å². The van der Waals surface area contributed by atoms with Gasteiger partial charge in [0.25, 0.3) is 0 Å². The molecule has 0 aliphatic rings. The normalized spacial score (nSPS) is 13.8. The van der Waals surface area contributed by atoms with Crippen LogP contribution in [-0.4, -0.2) is 34.9 Å². The summed E-state index contributed by atoms with van der Waals surface area (Å²) in [4.78, 5) is 12.3. The molecular formula is C40H71NO3. The van der Waals surface area contributed by atoms with E-state index in [-0.39, 0.29) is 12.5 Å². The second kappa shape index (κ2) is 35.6. The van der Waals surface area contributed by atoms with Crippen LogP contribution in [-0.2, 0) is 4.79 Å². The number of carbonyl (C=O) groups excluding carboxylic acids is 1. The van der Waals surface area contributed by atoms with Crippen LogP contribution in [0.5, 0.6) is 0 Å². The molecule has 0 aromatic rings. The highest BCUT2D eigenvalue weighted by Crippen LogP contribution is 2.11. The summed E-state index contributed by atoms with van der Waals surface area (Å²) in [5, 5.41) is 22.8. The second-order valence-corrected chi connectivity index (χ2v) is 12.3. The van der Waals surface area contributed by atoms with E-state index in [1.54, 1.807) is 6.08 Å². The molecule has 0 bridgehead atoms. The lowest BCUT2D eigenvalue weighted by atomic mass is 10.1. The summed E-state index contributed by atoms with van der Waals surface area (Å²) in [6.07, 6.45) is 48.8. The first-order valence-corrected chi connectivity index (χ1v) is 18.5. The Kier molecular flexibility index (Phi) is 34.0. The Hall–Kier alpha value is -1.91. The fraction of sp³-hybridized carbons (Fsp3) is 0.725. The number of hydrogen-bond acceptors (Lipinski definition) is 3. The molecule has 0 fully saturated rings. The van der Waals surface area contributed by atoms with Gasteiger partial charge in [0.2, 0.25) is 5.91 Å². The first-order valence-electron chi connectivity index (χ1n) is 18.5. The van der Waals surface area contributed by atoms with Crippen molar-refractivity contribution in [1.82, 2.24) is 5.32 Å². The van der Waals surface area contributed by atoms with Crippen molar-refractivity contribution in [1.29, 1.82) is 0 Å². The van der Waals surface area contributed by atoms with Crippen LogP contribution in [0.25, 0.3) is 0 Å². The van der Waals surface area contributed by atoms with E-state index in [0.717, 1.165) is 44.9 Å². The molecule has 0 heterocycles. The van der Waals surface area contributed by atoms with Gasteiger partial charge in [-0.25, -0.2) is 0 Å². The predicted octanol–water partition coefficient (Wildman–Crippen LogP) is 11.0. The van der Waals surface area contributed by atoms with Crippen molar-refractivity contribution in [3.05, 3.63) is 60.8 Å². The molecule has 1 amide bonds. The van der Waals surface area contributed by atoms with Crippen LogP contribution in [0, 0.1) is 0 Å². The maximum Gasteiger partial charge on any atom is 0.220 e. The summed E-state index contributed by atoms with van der Waals surface area (Å²) in [5.74, 6) is -0.122. The summed E-state index contributed by atoms with van der Waals surface area (Å²) in [5.41, 5.74) is 0. The van der Waals surface area contributed by atoms with Crippen molar-refractivity contribution in [3.63, 3.8) is 0 Å². The molecule has 3 N–H and O–H groups in total. The van der Waals surface area contributed by atoms with Gasteiger partial charge in [0.15, 0.2) is 0 Å². The van der Waals surface area contributed by atoms with E-state index >= 15 is 0 Å². The van der Waals surface area contributed by atoms with E-state index < -0.39 is 12.1 Å². The zero-order valence-corrected chi connectivity index (χ0v) is 28.9. The molecule has 2 atom stereocenters. The molecule has 0 rings (SSSR count). The number of aliphatic hydroxyl groups is 2. The molecule has 0 saturated carbocycles. The van der Waals surface area contributed by atoms with Crippen LogP contribution < -0.4 is 5.32 Å². The molecule has 254 valence electrons. The Labute approximate surface area is 273 Å². The van der Waals surface area contributed by atoms with E-state index in [1.165, 1.54) is 103 Å². The highest BCUT2D eigenvalue weighted by molar-refractivity contribution is 5.76. The van der Waals surface area contributed by atoms with Crippen molar-refractivity contribution in [2.24, 2.45) is 0 Å². The molecule has 4 heteroatoms. The Morgan fingerprint density at radius 1 is 0.545 bits per heavy atom. The lowest BCUT2D eigenvalue weighted by molar-refractivity contribution is -0.122. The third kappa shape index (κ3) is 31.5. The predicted molar refractivity (Wildman–Crippen MR) is 193 cm³/mol. The fourth-order valence-corrected chi connectivity index (χ4v) is 5.11. The van der Waals surface area contributed by atoms with Gasteiger partial charge in [0, 0.05) is 6.42 Å². The zero-order chi connectivity index (χ0) is 32.2. The van der Waals surface area contributed by atoms with E-state index in [4.69, 9.17) is 0 Å². The molecular weight excluding hydrogens is 542 g/mol. The molecule has 0 saturated heterocycles. The largest absolute Gasteiger partial charge is 0.394 e. The Morgan fingerprint density at radius 3 is 1.39 bits per heavy atom. The first kappa shape index (κ1) is 42.1. The molecule has 0 aliphatic heterocycles. The van der Waals surface area contributed by atoms with Crippen molar-refractivity contribution in [2.75, 3.05) is 6.61 Å². The number of unbranched alkanes of at least 4 members (excludes halogenated alkanes) is 17. The number of rotatable bonds is 32. The van der Waals surface area contributed by atoms with Crippen LogP contribution in [0.2, 0.25) is 0 Å². The minimum absolute atomic E-state index is 0.122. The number of amides is 1. The van der Waals surface area contributed by atoms with Crippen LogP contribution in [0.1, 0.15) is 168 Å². The van der Waals surface area contributed by atoms with E-state index in [2.05, 4.69) is 67.8 Å². The lowest BCUT2D eigenvalue weighted by Gasteiger charge is -2.19. The minimum atomic E-state index is -0.861. The summed E-state index contributed by atoms with van der Waals surface area (Å²) >= 11 is 0. The number of carbonyl (C=O) groups is 1. The summed E-state index contributed by atoms with van der Waals surface area (Å²) < 4.78 is 0. The smallest absolute Gasteiger partial charge is 0.220 e. The number of allylic oxidation sites excluding steroid dienone is 9. The molecule has 0 aliphatic carbocycles. The third-order valence-corrected chi connectivity index (χ3v) is 8.00. The van der Waals surface area contributed by atoms with E-state index in [9.17, 15) is 15.0 Å². The summed E-state index contributed by atoms with van der Waals surface area (Å²) in [7, 11) is 0. The Bertz CT molecular complexity index is 752. The van der Waals surface area contributed by atoms with Crippen molar-refractivity contribution in [3.8, 4) is 0 Å². The molecule has 0 unspecified atom stereocenters. The van der Waals surface area contributed by atoms with E-state index in [0.29, 0.717) is 6.42 Å². The van der Waals surface area contributed by atoms with Crippen LogP contribution in [0.3, 0.4) is 0 Å². The SMILES string of the molecule is CCCCCCCCC/C=C/C/C=C/C/C=C/C/C=C/CCCC(=O)N[C@@H](CO)[C@H](O)/C=C/CCCCCCCCCCC. The lowest BCUT2D eigenvalue weighted by Crippen LogP contribution is -2.45. The Balaban J connectivity index is 3.76. The standard InChI is InChI=1S/C40H71NO3/c1-3-5-7-9-11-13-15-16-17-18-19-20-21-22-23-24-26-28-30-32-34-36-40(44)41-38(37-42)39(43)35-33-31-29-27-25-14-12-10-8-6-4-2/h17-18,20-21,23-24,28,30,33,35,38-39,42-43H,3-16,19,22,25-27,29,31-32,34,36-37H2,1-2H3,(H,41,44)/b18-17+,21-20+,24-23+,30-28+,35-33+/t38-,39+/m0/s1. The maximum atomic E-state index is 12.3. The fourth-order valence-electron chi connectivity index (χ4n) is 5.11. The molecule has 0 spiro atoms. The van der Waals surface area contributed by atoms with Crippen molar-refractivity contribution in [2.45, 2.75) is 180 Å². The van der Waals surface area contributed by atoms with Gasteiger partial charge in [-0.1, -0.05) is 164 Å². The molecule has 4 nitrogen and oxygen atoms in total. The average Bonchev–Trinajstić information content (AvgIpc) is 3.03. The minimum Gasteiger partial charge on any atom is -0.394 e. The van der Waals surface area contributed by atoms with Crippen LogP contribution >= 0.6 is 0 Å². The number of hydrogen-bond donors (Lipinski definition) is 3.